The van der Waals surface area contributed by atoms with E-state index in [0.29, 0.717) is 0 Å². The van der Waals surface area contributed by atoms with Gasteiger partial charge in [0.1, 0.15) is 0 Å². The molecule has 5 heteroatoms. The van der Waals surface area contributed by atoms with Gasteiger partial charge in [-0.15, -0.1) is 0 Å². The van der Waals surface area contributed by atoms with Gasteiger partial charge < -0.3 is 0 Å². The zero-order chi connectivity index (χ0) is 63.3. The summed E-state index contributed by atoms with van der Waals surface area (Å²) in [6.45, 7) is 12.3. The van der Waals surface area contributed by atoms with Gasteiger partial charge in [0, 0.05) is 0 Å². The summed E-state index contributed by atoms with van der Waals surface area (Å²) in [5.74, 6) is 3.76. The second-order valence-electron chi connectivity index (χ2n) is 27.9. The summed E-state index contributed by atoms with van der Waals surface area (Å²) in [7, 11) is 0. The predicted octanol–water partition coefficient (Wildman–Crippen LogP) is 27.9. The normalized spacial score (nSPS) is 11.6. The van der Waals surface area contributed by atoms with Crippen molar-refractivity contribution >= 4 is 28.1 Å². The van der Waals surface area contributed by atoms with Crippen molar-refractivity contribution in [2.45, 2.75) is 439 Å². The first-order chi connectivity index (χ1) is 44.2. The fraction of sp³-hybridized carbons (Fsp3) is 0.857. The average Bonchev–Trinajstić information content (AvgIpc) is 3.75. The van der Waals surface area contributed by atoms with E-state index in [-0.39, 0.29) is 0 Å². The van der Waals surface area contributed by atoms with E-state index in [1.807, 2.05) is 0 Å². The Balaban J connectivity index is 1.92. The molecule has 0 aliphatic carbocycles. The molecule has 0 bridgehead atoms. The Hall–Kier alpha value is -1.57. The Bertz CT molecular complexity index is 1570. The standard InChI is InChI=1S/C84H154O4Te/c1-5-9-13-17-21-25-29-33-37-41-45-49-53-57-61-65-73-85-81-71-69-79(77-83(81)87-75-67-63-59-55-51-47-43-39-35-31-27-23-19-15-11-7-3)89-80-70-72-82(86-74-66-62-58-54-50-46-42-38-34-30-26-22-18-14-10-6-2)84(78-80)88-76-68-64-60-56-52-48-44-40-36-32-28-24-20-16-12-8-4/h69-72,77-78H,5-68,73-76H2,1-4H3. The monoisotopic (exact) mass is 1360 g/mol. The topological polar surface area (TPSA) is 36.9 Å². The number of ether oxygens (including phenoxy) is 4. The van der Waals surface area contributed by atoms with Gasteiger partial charge in [0.25, 0.3) is 0 Å². The van der Waals surface area contributed by atoms with Crippen LogP contribution in [0.4, 0.5) is 0 Å². The van der Waals surface area contributed by atoms with Crippen LogP contribution in [-0.4, -0.2) is 47.4 Å². The van der Waals surface area contributed by atoms with E-state index in [1.54, 1.807) is 0 Å². The molecular formula is C84H154O4Te. The Labute approximate surface area is 567 Å². The zero-order valence-corrected chi connectivity index (χ0v) is 62.9. The van der Waals surface area contributed by atoms with Crippen LogP contribution < -0.4 is 26.2 Å². The molecule has 0 aromatic heterocycles. The minimum absolute atomic E-state index is 0.692. The van der Waals surface area contributed by atoms with Crippen LogP contribution >= 0.6 is 0 Å². The molecule has 0 unspecified atom stereocenters. The van der Waals surface area contributed by atoms with Crippen molar-refractivity contribution in [3.05, 3.63) is 36.4 Å². The molecular weight excluding hydrogens is 1200 g/mol. The molecule has 0 heterocycles. The number of rotatable bonds is 74. The van der Waals surface area contributed by atoms with E-state index in [2.05, 4.69) is 64.1 Å². The molecule has 0 aliphatic rings. The molecule has 0 aliphatic heterocycles. The summed E-state index contributed by atoms with van der Waals surface area (Å²) < 4.78 is 29.3. The third-order valence-corrected chi connectivity index (χ3v) is 21.9. The first-order valence-corrected chi connectivity index (χ1v) is 43.0. The van der Waals surface area contributed by atoms with Crippen molar-refractivity contribution in [1.29, 1.82) is 0 Å². The number of hydrogen-bond donors (Lipinski definition) is 0. The maximum atomic E-state index is 6.68. The van der Waals surface area contributed by atoms with Crippen molar-refractivity contribution < 1.29 is 18.9 Å². The molecule has 0 spiro atoms. The van der Waals surface area contributed by atoms with Gasteiger partial charge in [-0.05, 0) is 0 Å². The Kier molecular flexibility index (Phi) is 65.0. The Morgan fingerprint density at radius 1 is 0.180 bits per heavy atom. The summed E-state index contributed by atoms with van der Waals surface area (Å²) in [6.07, 6.45) is 88.6. The van der Waals surface area contributed by atoms with Gasteiger partial charge >= 0.3 is 300 Å². The molecule has 2 aromatic carbocycles. The van der Waals surface area contributed by atoms with Gasteiger partial charge in [0.15, 0.2) is 0 Å². The summed E-state index contributed by atoms with van der Waals surface area (Å²) in [5.41, 5.74) is 0. The van der Waals surface area contributed by atoms with E-state index in [9.17, 15) is 0 Å². The number of benzene rings is 2. The van der Waals surface area contributed by atoms with E-state index in [0.717, 1.165) is 75.1 Å². The Morgan fingerprint density at radius 3 is 0.494 bits per heavy atom. The molecule has 0 N–H and O–H groups in total. The molecule has 89 heavy (non-hydrogen) atoms. The van der Waals surface area contributed by atoms with Crippen LogP contribution in [0.5, 0.6) is 23.0 Å². The minimum atomic E-state index is -0.692. The minimum Gasteiger partial charge on any atom is -0.0654 e. The summed E-state index contributed by atoms with van der Waals surface area (Å²) in [6, 6.07) is 13.8. The fourth-order valence-corrected chi connectivity index (χ4v) is 15.5. The molecule has 2 rings (SSSR count). The molecule has 4 nitrogen and oxygen atoms in total. The summed E-state index contributed by atoms with van der Waals surface area (Å²) >= 11 is -0.692. The molecule has 2 aromatic rings. The molecule has 520 valence electrons. The molecule has 0 fully saturated rings. The van der Waals surface area contributed by atoms with Crippen molar-refractivity contribution in [2.24, 2.45) is 0 Å². The Morgan fingerprint density at radius 2 is 0.326 bits per heavy atom. The van der Waals surface area contributed by atoms with Crippen molar-refractivity contribution in [2.75, 3.05) is 26.4 Å². The average molecular weight is 1360 g/mol. The van der Waals surface area contributed by atoms with Crippen LogP contribution in [0.3, 0.4) is 0 Å². The quantitative estimate of drug-likeness (QED) is 0.0489. The smallest absolute Gasteiger partial charge is 0.0654 e. The third-order valence-electron chi connectivity index (χ3n) is 19.1. The molecule has 0 saturated carbocycles. The second-order valence-corrected chi connectivity index (χ2v) is 31.2. The number of unbranched alkanes of at least 4 members (excludes halogenated alkanes) is 60. The SMILES string of the molecule is CCCCCCCCCCCCCCCCCCOc1ccc([Te]c2ccc(OCCCCCCCCCCCCCCCCCC)c(OCCCCCCCCCCCCCCCCCC)c2)cc1OCCCCCCCCCCCCCCCCCC. The van der Waals surface area contributed by atoms with E-state index in [1.165, 1.54) is 392 Å². The van der Waals surface area contributed by atoms with Crippen LogP contribution in [0, 0.1) is 0 Å². The summed E-state index contributed by atoms with van der Waals surface area (Å²) in [5, 5.41) is 0. The van der Waals surface area contributed by atoms with Gasteiger partial charge in [-0.2, -0.15) is 0 Å². The van der Waals surface area contributed by atoms with Crippen molar-refractivity contribution in [3.8, 4) is 23.0 Å². The first kappa shape index (κ1) is 83.5. The van der Waals surface area contributed by atoms with Gasteiger partial charge in [-0.25, -0.2) is 0 Å². The maximum absolute atomic E-state index is 6.68. The van der Waals surface area contributed by atoms with E-state index < -0.39 is 20.9 Å². The van der Waals surface area contributed by atoms with Crippen LogP contribution in [0.2, 0.25) is 0 Å². The second kappa shape index (κ2) is 69.3. The van der Waals surface area contributed by atoms with Crippen LogP contribution in [0.25, 0.3) is 0 Å². The molecule has 0 atom stereocenters. The van der Waals surface area contributed by atoms with Crippen molar-refractivity contribution in [1.82, 2.24) is 0 Å². The first-order valence-electron chi connectivity index (χ1n) is 40.7. The summed E-state index contributed by atoms with van der Waals surface area (Å²) in [4.78, 5) is 0. The zero-order valence-electron chi connectivity index (χ0n) is 60.6. The number of hydrogen-bond acceptors (Lipinski definition) is 4. The fourth-order valence-electron chi connectivity index (χ4n) is 13.0. The van der Waals surface area contributed by atoms with Crippen LogP contribution in [-0.2, 0) is 0 Å². The van der Waals surface area contributed by atoms with E-state index >= 15 is 0 Å². The van der Waals surface area contributed by atoms with Gasteiger partial charge in [0.05, 0.1) is 0 Å². The van der Waals surface area contributed by atoms with E-state index in [4.69, 9.17) is 18.9 Å². The molecule has 0 saturated heterocycles. The van der Waals surface area contributed by atoms with Crippen molar-refractivity contribution in [3.63, 3.8) is 0 Å². The van der Waals surface area contributed by atoms with Gasteiger partial charge in [-0.3, -0.25) is 0 Å². The third kappa shape index (κ3) is 56.5. The van der Waals surface area contributed by atoms with Crippen LogP contribution in [0.15, 0.2) is 36.4 Å². The molecule has 0 amide bonds. The van der Waals surface area contributed by atoms with Crippen LogP contribution in [0.1, 0.15) is 439 Å². The molecule has 0 radical (unpaired) electrons. The predicted molar refractivity (Wildman–Crippen MR) is 398 cm³/mol. The van der Waals surface area contributed by atoms with Gasteiger partial charge in [-0.1, -0.05) is 272 Å². The van der Waals surface area contributed by atoms with Gasteiger partial charge in [0.2, 0.25) is 0 Å².